The summed E-state index contributed by atoms with van der Waals surface area (Å²) in [6, 6.07) is 32.3. The number of ether oxygens (including phenoxy) is 1. The molecule has 0 unspecified atom stereocenters. The number of fused-ring (bicyclic) bond motifs is 2. The third-order valence-corrected chi connectivity index (χ3v) is 7.25. The van der Waals surface area contributed by atoms with Gasteiger partial charge in [0.25, 0.3) is 11.8 Å². The highest BCUT2D eigenvalue weighted by molar-refractivity contribution is 6.30. The highest BCUT2D eigenvalue weighted by atomic mass is 35.5. The van der Waals surface area contributed by atoms with Gasteiger partial charge in [-0.15, -0.1) is 0 Å². The quantitative estimate of drug-likeness (QED) is 0.331. The van der Waals surface area contributed by atoms with Crippen LogP contribution in [0.1, 0.15) is 43.8 Å². The van der Waals surface area contributed by atoms with E-state index in [2.05, 4.69) is 29.6 Å². The van der Waals surface area contributed by atoms with Crippen molar-refractivity contribution in [3.8, 4) is 5.75 Å². The topological polar surface area (TPSA) is 58.6 Å². The summed E-state index contributed by atoms with van der Waals surface area (Å²) in [5.74, 6) is 0.220. The number of amides is 2. The van der Waals surface area contributed by atoms with Crippen LogP contribution in [0.4, 0.5) is 0 Å². The summed E-state index contributed by atoms with van der Waals surface area (Å²) in [4.78, 5) is 29.1. The number of carbonyl (C=O) groups is 2. The van der Waals surface area contributed by atoms with E-state index in [0.29, 0.717) is 41.4 Å². The molecule has 2 amide bonds. The fourth-order valence-corrected chi connectivity index (χ4v) is 5.17. The van der Waals surface area contributed by atoms with E-state index >= 15 is 0 Å². The van der Waals surface area contributed by atoms with E-state index in [0.717, 1.165) is 29.5 Å². The number of benzene rings is 4. The second-order valence-corrected chi connectivity index (χ2v) is 10.2. The lowest BCUT2D eigenvalue weighted by Gasteiger charge is -2.33. The number of hydrogen-bond acceptors (Lipinski definition) is 3. The van der Waals surface area contributed by atoms with Crippen LogP contribution in [0.3, 0.4) is 0 Å². The van der Waals surface area contributed by atoms with E-state index in [4.69, 9.17) is 16.3 Å². The van der Waals surface area contributed by atoms with Gasteiger partial charge in [-0.25, -0.2) is 0 Å². The molecule has 4 aromatic rings. The van der Waals surface area contributed by atoms with Gasteiger partial charge in [0, 0.05) is 23.7 Å². The van der Waals surface area contributed by atoms with E-state index in [9.17, 15) is 9.59 Å². The molecule has 39 heavy (non-hydrogen) atoms. The highest BCUT2D eigenvalue weighted by Gasteiger charge is 2.28. The number of halogens is 1. The van der Waals surface area contributed by atoms with Gasteiger partial charge in [0.1, 0.15) is 12.4 Å². The lowest BCUT2D eigenvalue weighted by Crippen LogP contribution is -2.45. The zero-order valence-electron chi connectivity index (χ0n) is 21.7. The molecule has 1 aliphatic rings. The zero-order chi connectivity index (χ0) is 27.0. The van der Waals surface area contributed by atoms with Crippen LogP contribution in [0.5, 0.6) is 5.75 Å². The Kier molecular flexibility index (Phi) is 8.59. The molecule has 6 heteroatoms. The molecule has 198 valence electrons. The van der Waals surface area contributed by atoms with Crippen LogP contribution in [0.15, 0.2) is 103 Å². The number of hydrogen-bond donors (Lipinski definition) is 1. The van der Waals surface area contributed by atoms with Crippen molar-refractivity contribution >= 4 is 23.4 Å². The molecular weight excluding hydrogens is 508 g/mol. The maximum absolute atomic E-state index is 14.1. The highest BCUT2D eigenvalue weighted by Crippen LogP contribution is 2.24. The predicted molar refractivity (Wildman–Crippen MR) is 154 cm³/mol. The van der Waals surface area contributed by atoms with Gasteiger partial charge in [-0.05, 0) is 66.3 Å². The van der Waals surface area contributed by atoms with Gasteiger partial charge in [0.15, 0.2) is 0 Å². The minimum Gasteiger partial charge on any atom is -0.491 e. The normalized spacial score (nSPS) is 16.2. The molecular formula is C33H31ClN2O3. The van der Waals surface area contributed by atoms with Crippen LogP contribution in [-0.4, -0.2) is 35.9 Å². The zero-order valence-corrected chi connectivity index (χ0v) is 22.4. The van der Waals surface area contributed by atoms with E-state index in [1.165, 1.54) is 0 Å². The molecule has 0 radical (unpaired) electrons. The Labute approximate surface area is 234 Å². The molecule has 0 saturated carbocycles. The van der Waals surface area contributed by atoms with Crippen molar-refractivity contribution in [2.45, 2.75) is 31.8 Å². The summed E-state index contributed by atoms with van der Waals surface area (Å²) in [5.41, 5.74) is 4.35. The van der Waals surface area contributed by atoms with Crippen molar-refractivity contribution in [2.24, 2.45) is 0 Å². The largest absolute Gasteiger partial charge is 0.491 e. The first-order valence-corrected chi connectivity index (χ1v) is 13.6. The second kappa shape index (κ2) is 12.6. The van der Waals surface area contributed by atoms with Gasteiger partial charge < -0.3 is 15.0 Å². The molecule has 0 spiro atoms. The third kappa shape index (κ3) is 6.68. The lowest BCUT2D eigenvalue weighted by atomic mass is 9.99. The summed E-state index contributed by atoms with van der Waals surface area (Å²) in [6.07, 6.45) is 2.16. The number of rotatable bonds is 3. The van der Waals surface area contributed by atoms with Crippen LogP contribution in [-0.2, 0) is 19.4 Å². The van der Waals surface area contributed by atoms with E-state index in [1.807, 2.05) is 47.4 Å². The van der Waals surface area contributed by atoms with Gasteiger partial charge in [0.2, 0.25) is 0 Å². The molecule has 1 heterocycles. The molecule has 1 N–H and O–H groups in total. The Hall–Kier alpha value is -4.09. The van der Waals surface area contributed by atoms with Crippen LogP contribution in [0.2, 0.25) is 5.02 Å². The molecule has 1 atom stereocenters. The molecule has 1 aliphatic heterocycles. The van der Waals surface area contributed by atoms with E-state index < -0.39 is 0 Å². The van der Waals surface area contributed by atoms with Crippen molar-refractivity contribution in [1.29, 1.82) is 0 Å². The van der Waals surface area contributed by atoms with Crippen molar-refractivity contribution < 1.29 is 14.3 Å². The Morgan fingerprint density at radius 2 is 1.64 bits per heavy atom. The summed E-state index contributed by atoms with van der Waals surface area (Å²) in [5, 5.41) is 3.55. The Bertz CT molecular complexity index is 1440. The first-order valence-electron chi connectivity index (χ1n) is 13.3. The fraction of sp³-hybridized carbons (Fsp3) is 0.212. The average Bonchev–Trinajstić information content (AvgIpc) is 2.97. The van der Waals surface area contributed by atoms with Gasteiger partial charge in [-0.2, -0.15) is 0 Å². The molecule has 5 nitrogen and oxygen atoms in total. The van der Waals surface area contributed by atoms with Gasteiger partial charge in [0.05, 0.1) is 11.6 Å². The average molecular weight is 539 g/mol. The number of nitrogens with zero attached hydrogens (tertiary/aromatic N) is 1. The molecule has 0 aliphatic carbocycles. The van der Waals surface area contributed by atoms with E-state index in [1.54, 1.807) is 36.4 Å². The molecule has 5 rings (SSSR count). The summed E-state index contributed by atoms with van der Waals surface area (Å²) in [7, 11) is 0. The predicted octanol–water partition coefficient (Wildman–Crippen LogP) is 6.35. The maximum Gasteiger partial charge on any atom is 0.255 e. The smallest absolute Gasteiger partial charge is 0.255 e. The van der Waals surface area contributed by atoms with Crippen molar-refractivity contribution in [1.82, 2.24) is 10.2 Å². The molecule has 0 fully saturated rings. The van der Waals surface area contributed by atoms with Gasteiger partial charge in [-0.1, -0.05) is 84.4 Å². The van der Waals surface area contributed by atoms with Crippen molar-refractivity contribution in [3.05, 3.63) is 136 Å². The maximum atomic E-state index is 14.1. The Morgan fingerprint density at radius 3 is 2.46 bits per heavy atom. The van der Waals surface area contributed by atoms with Crippen molar-refractivity contribution in [2.75, 3.05) is 13.2 Å². The third-order valence-electron chi connectivity index (χ3n) is 7.02. The Balaban J connectivity index is 1.59. The number of nitrogens with one attached hydrogen (secondary N) is 1. The van der Waals surface area contributed by atoms with Crippen LogP contribution in [0.25, 0.3) is 0 Å². The molecule has 0 aromatic heterocycles. The fourth-order valence-electron chi connectivity index (χ4n) is 4.98. The summed E-state index contributed by atoms with van der Waals surface area (Å²) >= 11 is 6.29. The van der Waals surface area contributed by atoms with Crippen LogP contribution in [0, 0.1) is 0 Å². The van der Waals surface area contributed by atoms with Gasteiger partial charge in [-0.3, -0.25) is 9.59 Å². The summed E-state index contributed by atoms with van der Waals surface area (Å²) in [6.45, 7) is 1.19. The van der Waals surface area contributed by atoms with E-state index in [-0.39, 0.29) is 24.5 Å². The number of para-hydroxylation sites is 1. The standard InChI is InChI=1S/C33H31ClN2O3/c34-28-16-8-14-26(21-28)33(38)36-22-27-13-5-4-12-25(27)15-9-19-35-32(37)30-17-6-7-18-31(30)39-23-29(36)20-24-10-2-1-3-11-24/h1-8,10-14,16-18,21,29H,9,15,19-20,22-23H2,(H,35,37)/t29-/m0/s1. The first-order chi connectivity index (χ1) is 19.1. The molecule has 0 bridgehead atoms. The lowest BCUT2D eigenvalue weighted by molar-refractivity contribution is 0.0588. The minimum atomic E-state index is -0.314. The monoisotopic (exact) mass is 538 g/mol. The van der Waals surface area contributed by atoms with Gasteiger partial charge >= 0.3 is 0 Å². The van der Waals surface area contributed by atoms with Crippen LogP contribution >= 0.6 is 11.6 Å². The van der Waals surface area contributed by atoms with Crippen LogP contribution < -0.4 is 10.1 Å². The molecule has 0 saturated heterocycles. The second-order valence-electron chi connectivity index (χ2n) is 9.72. The SMILES string of the molecule is O=C1NCCCc2ccccc2CN(C(=O)c2cccc(Cl)c2)[C@@H](Cc2ccccc2)COc2ccccc21. The Morgan fingerprint density at radius 1 is 0.897 bits per heavy atom. The molecule has 4 aromatic carbocycles. The number of carbonyl (C=O) groups excluding carboxylic acids is 2. The first kappa shape index (κ1) is 26.5. The summed E-state index contributed by atoms with van der Waals surface area (Å²) < 4.78 is 6.33. The minimum absolute atomic E-state index is 0.116. The van der Waals surface area contributed by atoms with Crippen molar-refractivity contribution in [3.63, 3.8) is 0 Å². The number of aryl methyl sites for hydroxylation is 1.